The Kier molecular flexibility index (Phi) is 9.42. The molecule has 1 saturated heterocycles. The van der Waals surface area contributed by atoms with Crippen LogP contribution in [0.1, 0.15) is 84.1 Å². The third-order valence-electron chi connectivity index (χ3n) is 8.71. The summed E-state index contributed by atoms with van der Waals surface area (Å²) in [4.78, 5) is 67.7. The van der Waals surface area contributed by atoms with Gasteiger partial charge in [0.05, 0.1) is 28.7 Å². The molecule has 1 aliphatic heterocycles. The molecule has 1 aromatic carbocycles. The molecule has 0 radical (unpaired) electrons. The first-order valence-corrected chi connectivity index (χ1v) is 15.8. The van der Waals surface area contributed by atoms with Gasteiger partial charge in [-0.05, 0) is 62.4 Å². The van der Waals surface area contributed by atoms with E-state index in [0.717, 1.165) is 25.7 Å². The van der Waals surface area contributed by atoms with Crippen LogP contribution in [-0.4, -0.2) is 80.4 Å². The van der Waals surface area contributed by atoms with Crippen LogP contribution in [0.4, 0.5) is 0 Å². The smallest absolute Gasteiger partial charge is 0.272 e. The molecule has 2 amide bonds. The second kappa shape index (κ2) is 14.0. The fourth-order valence-electron chi connectivity index (χ4n) is 5.74. The van der Waals surface area contributed by atoms with Crippen LogP contribution < -0.4 is 9.47 Å². The van der Waals surface area contributed by atoms with Crippen molar-refractivity contribution in [2.24, 2.45) is 0 Å². The van der Waals surface area contributed by atoms with Crippen molar-refractivity contribution in [3.05, 3.63) is 94.1 Å². The number of pyridine rings is 3. The Balaban J connectivity index is 1.28. The van der Waals surface area contributed by atoms with E-state index in [1.165, 1.54) is 12.3 Å². The van der Waals surface area contributed by atoms with E-state index in [1.54, 1.807) is 66.4 Å². The van der Waals surface area contributed by atoms with Crippen molar-refractivity contribution in [1.82, 2.24) is 24.8 Å². The van der Waals surface area contributed by atoms with Crippen molar-refractivity contribution in [3.8, 4) is 28.6 Å². The lowest BCUT2D eigenvalue weighted by atomic mass is 10.0. The summed E-state index contributed by atoms with van der Waals surface area (Å²) in [6, 6.07) is 11.5. The number of aromatic nitrogens is 3. The molecule has 0 spiro atoms. The Morgan fingerprint density at radius 1 is 0.917 bits per heavy atom. The van der Waals surface area contributed by atoms with Crippen molar-refractivity contribution in [1.29, 1.82) is 0 Å². The molecule has 4 heterocycles. The first-order chi connectivity index (χ1) is 23.3. The molecule has 0 atom stereocenters. The number of nitrogens with zero attached hydrogens (tertiary/aromatic N) is 5. The van der Waals surface area contributed by atoms with Crippen molar-refractivity contribution in [3.63, 3.8) is 0 Å². The Hall–Kier alpha value is -5.65. The van der Waals surface area contributed by atoms with Gasteiger partial charge < -0.3 is 24.4 Å². The number of rotatable bonds is 12. The first-order valence-electron chi connectivity index (χ1n) is 15.8. The van der Waals surface area contributed by atoms with E-state index in [2.05, 4.69) is 9.97 Å². The molecule has 0 unspecified atom stereocenters. The Bertz CT molecular complexity index is 1880. The van der Waals surface area contributed by atoms with E-state index in [1.807, 2.05) is 0 Å². The predicted molar refractivity (Wildman–Crippen MR) is 174 cm³/mol. The standard InChI is InChI=1S/C36H35N5O7/c1-22-26(18-42)31(48-20-23-7-6-14-37-33(23)36(46)41-15-3-4-16-41)17-38-32(22)28-13-10-24(34(39-28)35(45)40(2)25-11-12-25)21-47-30-9-5-8-29(44)27(30)19-43/h5-10,13-14,17-19,25,44H,3-4,11-12,15-16,20-21H2,1-2H3. The maximum absolute atomic E-state index is 13.6. The molecule has 2 fully saturated rings. The number of aldehydes is 2. The van der Waals surface area contributed by atoms with Gasteiger partial charge in [-0.1, -0.05) is 18.2 Å². The number of phenolic OH excluding ortho intramolecular Hbond substituents is 1. The van der Waals surface area contributed by atoms with Gasteiger partial charge in [-0.15, -0.1) is 0 Å². The minimum Gasteiger partial charge on any atom is -0.507 e. The minimum absolute atomic E-state index is 0.00604. The van der Waals surface area contributed by atoms with Gasteiger partial charge in [0.15, 0.2) is 12.6 Å². The highest BCUT2D eigenvalue weighted by atomic mass is 16.5. The van der Waals surface area contributed by atoms with E-state index >= 15 is 0 Å². The van der Waals surface area contributed by atoms with Gasteiger partial charge in [0, 0.05) is 43.5 Å². The van der Waals surface area contributed by atoms with E-state index in [0.29, 0.717) is 59.4 Å². The summed E-state index contributed by atoms with van der Waals surface area (Å²) < 4.78 is 11.9. The summed E-state index contributed by atoms with van der Waals surface area (Å²) in [7, 11) is 1.73. The van der Waals surface area contributed by atoms with Crippen LogP contribution in [0.25, 0.3) is 11.4 Å². The number of carbonyl (C=O) groups is 4. The molecule has 2 aliphatic rings. The molecule has 0 bridgehead atoms. The van der Waals surface area contributed by atoms with Crippen LogP contribution in [0.15, 0.2) is 54.9 Å². The maximum Gasteiger partial charge on any atom is 0.272 e. The number of benzene rings is 1. The zero-order valence-corrected chi connectivity index (χ0v) is 26.7. The average Bonchev–Trinajstić information content (AvgIpc) is 3.82. The Morgan fingerprint density at radius 3 is 2.33 bits per heavy atom. The molecule has 12 nitrogen and oxygen atoms in total. The third kappa shape index (κ3) is 6.59. The SMILES string of the molecule is Cc1c(-c2ccc(COc3cccc(O)c3C=O)c(C(=O)N(C)C3CC3)n2)ncc(OCc2cccnc2C(=O)N2CCCC2)c1C=O. The molecular weight excluding hydrogens is 614 g/mol. The highest BCUT2D eigenvalue weighted by Gasteiger charge is 2.32. The molecular formula is C36H35N5O7. The van der Waals surface area contributed by atoms with Crippen LogP contribution in [0.5, 0.6) is 17.2 Å². The number of hydrogen-bond donors (Lipinski definition) is 1. The largest absolute Gasteiger partial charge is 0.507 e. The summed E-state index contributed by atoms with van der Waals surface area (Å²) in [6.45, 7) is 3.03. The Morgan fingerprint density at radius 2 is 1.62 bits per heavy atom. The number of likely N-dealkylation sites (tertiary alicyclic amines) is 1. The monoisotopic (exact) mass is 649 g/mol. The number of amides is 2. The second-order valence-corrected chi connectivity index (χ2v) is 11.9. The summed E-state index contributed by atoms with van der Waals surface area (Å²) in [6.07, 6.45) is 7.93. The van der Waals surface area contributed by atoms with Crippen molar-refractivity contribution < 1.29 is 33.8 Å². The lowest BCUT2D eigenvalue weighted by Crippen LogP contribution is -2.30. The fraction of sp³-hybridized carbons (Fsp3) is 0.306. The molecule has 6 rings (SSSR count). The molecule has 4 aromatic rings. The van der Waals surface area contributed by atoms with E-state index in [4.69, 9.17) is 14.5 Å². The van der Waals surface area contributed by atoms with Gasteiger partial charge in [-0.2, -0.15) is 0 Å². The van der Waals surface area contributed by atoms with Crippen LogP contribution in [0.3, 0.4) is 0 Å². The van der Waals surface area contributed by atoms with Crippen LogP contribution in [0.2, 0.25) is 0 Å². The van der Waals surface area contributed by atoms with Crippen LogP contribution in [0, 0.1) is 6.92 Å². The highest BCUT2D eigenvalue weighted by Crippen LogP contribution is 2.32. The normalized spacial score (nSPS) is 14.0. The van der Waals surface area contributed by atoms with Crippen molar-refractivity contribution >= 4 is 24.4 Å². The van der Waals surface area contributed by atoms with Crippen molar-refractivity contribution in [2.45, 2.75) is 51.9 Å². The molecule has 3 aromatic heterocycles. The molecule has 48 heavy (non-hydrogen) atoms. The molecule has 1 N–H and O–H groups in total. The lowest BCUT2D eigenvalue weighted by molar-refractivity contribution is 0.0771. The van der Waals surface area contributed by atoms with E-state index in [9.17, 15) is 24.3 Å². The number of ether oxygens (including phenoxy) is 2. The van der Waals surface area contributed by atoms with Gasteiger partial charge in [-0.25, -0.2) is 4.98 Å². The maximum atomic E-state index is 13.6. The number of aromatic hydroxyl groups is 1. The average molecular weight is 650 g/mol. The summed E-state index contributed by atoms with van der Waals surface area (Å²) in [5.41, 5.74) is 3.07. The predicted octanol–water partition coefficient (Wildman–Crippen LogP) is 4.81. The van der Waals surface area contributed by atoms with E-state index < -0.39 is 0 Å². The van der Waals surface area contributed by atoms with Gasteiger partial charge in [0.2, 0.25) is 0 Å². The fourth-order valence-corrected chi connectivity index (χ4v) is 5.74. The van der Waals surface area contributed by atoms with Gasteiger partial charge in [0.1, 0.15) is 41.9 Å². The zero-order valence-electron chi connectivity index (χ0n) is 26.7. The van der Waals surface area contributed by atoms with Gasteiger partial charge >= 0.3 is 0 Å². The molecule has 12 heteroatoms. The van der Waals surface area contributed by atoms with Gasteiger partial charge in [-0.3, -0.25) is 29.1 Å². The number of carbonyl (C=O) groups excluding carboxylic acids is 4. The van der Waals surface area contributed by atoms with Crippen molar-refractivity contribution in [2.75, 3.05) is 20.1 Å². The number of phenols is 1. The molecule has 246 valence electrons. The summed E-state index contributed by atoms with van der Waals surface area (Å²) in [5.74, 6) is -0.242. The molecule has 1 saturated carbocycles. The summed E-state index contributed by atoms with van der Waals surface area (Å²) >= 11 is 0. The van der Waals surface area contributed by atoms with E-state index in [-0.39, 0.29) is 65.1 Å². The summed E-state index contributed by atoms with van der Waals surface area (Å²) in [5, 5.41) is 10.0. The first kappa shape index (κ1) is 32.3. The topological polar surface area (TPSA) is 152 Å². The number of hydrogen-bond acceptors (Lipinski definition) is 10. The zero-order chi connectivity index (χ0) is 33.8. The highest BCUT2D eigenvalue weighted by molar-refractivity contribution is 5.95. The molecule has 1 aliphatic carbocycles. The van der Waals surface area contributed by atoms with Crippen LogP contribution in [-0.2, 0) is 13.2 Å². The quantitative estimate of drug-likeness (QED) is 0.212. The lowest BCUT2D eigenvalue weighted by Gasteiger charge is -2.19. The van der Waals surface area contributed by atoms with Crippen LogP contribution >= 0.6 is 0 Å². The third-order valence-corrected chi connectivity index (χ3v) is 8.71. The van der Waals surface area contributed by atoms with Gasteiger partial charge in [0.25, 0.3) is 11.8 Å². The Labute approximate surface area is 277 Å². The minimum atomic E-state index is -0.298. The second-order valence-electron chi connectivity index (χ2n) is 11.9.